The van der Waals surface area contributed by atoms with Gasteiger partial charge in [-0.25, -0.2) is 0 Å². The van der Waals surface area contributed by atoms with Crippen molar-refractivity contribution in [2.24, 2.45) is 0 Å². The van der Waals surface area contributed by atoms with E-state index in [1.165, 1.54) is 5.56 Å². The minimum atomic E-state index is 0.588. The Kier molecular flexibility index (Phi) is 2.81. The lowest BCUT2D eigenvalue weighted by Crippen LogP contribution is -2.26. The van der Waals surface area contributed by atoms with Crippen LogP contribution < -0.4 is 5.32 Å². The molecule has 2 heteroatoms. The van der Waals surface area contributed by atoms with Crippen LogP contribution in [0.15, 0.2) is 18.2 Å². The van der Waals surface area contributed by atoms with Crippen LogP contribution in [0.3, 0.4) is 0 Å². The summed E-state index contributed by atoms with van der Waals surface area (Å²) >= 11 is 0. The summed E-state index contributed by atoms with van der Waals surface area (Å²) in [6, 6.07) is 11.0. The van der Waals surface area contributed by atoms with Gasteiger partial charge in [0.2, 0.25) is 0 Å². The van der Waals surface area contributed by atoms with Gasteiger partial charge in [-0.1, -0.05) is 6.07 Å². The first kappa shape index (κ1) is 9.23. The van der Waals surface area contributed by atoms with E-state index in [2.05, 4.69) is 17.5 Å². The molecule has 1 heterocycles. The molecule has 0 aromatic heterocycles. The molecule has 2 rings (SSSR count). The number of hydrogen-bond donors (Lipinski definition) is 1. The number of nitrogens with one attached hydrogen (secondary N) is 1. The maximum Gasteiger partial charge on any atom is 0.0991 e. The van der Waals surface area contributed by atoms with Gasteiger partial charge in [-0.3, -0.25) is 0 Å². The summed E-state index contributed by atoms with van der Waals surface area (Å²) in [4.78, 5) is 0. The van der Waals surface area contributed by atoms with Crippen LogP contribution in [0.1, 0.15) is 29.9 Å². The lowest BCUT2D eigenvalue weighted by Gasteiger charge is -2.22. The predicted molar refractivity (Wildman–Crippen MR) is 54.8 cm³/mol. The highest BCUT2D eigenvalue weighted by Gasteiger charge is 2.15. The van der Waals surface area contributed by atoms with E-state index in [-0.39, 0.29) is 0 Å². The summed E-state index contributed by atoms with van der Waals surface area (Å²) in [5.41, 5.74) is 1.95. The number of nitriles is 1. The Morgan fingerprint density at radius 1 is 1.43 bits per heavy atom. The molecular weight excluding hydrogens is 172 g/mol. The van der Waals surface area contributed by atoms with E-state index in [9.17, 15) is 0 Å². The lowest BCUT2D eigenvalue weighted by atomic mass is 9.89. The van der Waals surface area contributed by atoms with E-state index in [0.29, 0.717) is 5.92 Å². The third kappa shape index (κ3) is 1.94. The molecule has 0 unspecified atom stereocenters. The van der Waals surface area contributed by atoms with Crippen LogP contribution in [0, 0.1) is 17.4 Å². The first-order chi connectivity index (χ1) is 6.90. The summed E-state index contributed by atoms with van der Waals surface area (Å²) in [7, 11) is 0. The monoisotopic (exact) mass is 185 g/mol. The summed E-state index contributed by atoms with van der Waals surface area (Å²) in [6.45, 7) is 2.16. The van der Waals surface area contributed by atoms with Gasteiger partial charge in [-0.15, -0.1) is 0 Å². The van der Waals surface area contributed by atoms with Crippen molar-refractivity contribution >= 4 is 0 Å². The second-order valence-corrected chi connectivity index (χ2v) is 3.67. The molecule has 1 fully saturated rings. The zero-order valence-corrected chi connectivity index (χ0v) is 8.09. The molecule has 0 atom stereocenters. The summed E-state index contributed by atoms with van der Waals surface area (Å²) in [5, 5.41) is 12.1. The topological polar surface area (TPSA) is 35.8 Å². The lowest BCUT2D eigenvalue weighted by molar-refractivity contribution is 0.460. The van der Waals surface area contributed by atoms with Crippen LogP contribution in [-0.2, 0) is 0 Å². The van der Waals surface area contributed by atoms with Crippen molar-refractivity contribution in [3.63, 3.8) is 0 Å². The van der Waals surface area contributed by atoms with Crippen molar-refractivity contribution in [1.82, 2.24) is 5.32 Å². The van der Waals surface area contributed by atoms with Gasteiger partial charge >= 0.3 is 0 Å². The first-order valence-corrected chi connectivity index (χ1v) is 5.02. The van der Waals surface area contributed by atoms with Crippen molar-refractivity contribution in [1.29, 1.82) is 5.26 Å². The maximum absolute atomic E-state index is 8.78. The standard InChI is InChI=1S/C12H13N2/c13-9-10-2-1-3-12(8-10)11-4-6-14-7-5-11/h1-2,8,11,14H,4-7H2. The number of benzene rings is 1. The summed E-state index contributed by atoms with van der Waals surface area (Å²) in [5.74, 6) is 0.588. The quantitative estimate of drug-likeness (QED) is 0.724. The Labute approximate surface area is 84.6 Å². The highest BCUT2D eigenvalue weighted by atomic mass is 14.9. The number of nitrogens with zero attached hydrogens (tertiary/aromatic N) is 1. The largest absolute Gasteiger partial charge is 0.317 e. The normalized spacial score (nSPS) is 17.6. The molecule has 0 bridgehead atoms. The molecule has 14 heavy (non-hydrogen) atoms. The Morgan fingerprint density at radius 3 is 2.93 bits per heavy atom. The molecule has 0 spiro atoms. The fraction of sp³-hybridized carbons (Fsp3) is 0.417. The number of hydrogen-bond acceptors (Lipinski definition) is 2. The van der Waals surface area contributed by atoms with E-state index in [1.807, 2.05) is 18.2 Å². The highest BCUT2D eigenvalue weighted by molar-refractivity contribution is 5.33. The molecule has 1 N–H and O–H groups in total. The Morgan fingerprint density at radius 2 is 2.21 bits per heavy atom. The van der Waals surface area contributed by atoms with Gasteiger partial charge < -0.3 is 5.32 Å². The highest BCUT2D eigenvalue weighted by Crippen LogP contribution is 2.24. The van der Waals surface area contributed by atoms with Crippen molar-refractivity contribution in [2.45, 2.75) is 18.8 Å². The summed E-state index contributed by atoms with van der Waals surface area (Å²) < 4.78 is 0. The van der Waals surface area contributed by atoms with Crippen molar-refractivity contribution in [3.05, 3.63) is 35.4 Å². The average molecular weight is 185 g/mol. The van der Waals surface area contributed by atoms with Crippen molar-refractivity contribution in [2.75, 3.05) is 13.1 Å². The van der Waals surface area contributed by atoms with Gasteiger partial charge in [0.15, 0.2) is 0 Å². The predicted octanol–water partition coefficient (Wildman–Crippen LogP) is 1.83. The van der Waals surface area contributed by atoms with Gasteiger partial charge in [0.25, 0.3) is 0 Å². The van der Waals surface area contributed by atoms with Crippen molar-refractivity contribution in [3.8, 4) is 6.07 Å². The summed E-state index contributed by atoms with van der Waals surface area (Å²) in [6.07, 6.45) is 2.32. The fourth-order valence-electron chi connectivity index (χ4n) is 1.92. The van der Waals surface area contributed by atoms with Gasteiger partial charge in [-0.2, -0.15) is 5.26 Å². The molecule has 71 valence electrons. The molecule has 1 radical (unpaired) electrons. The zero-order chi connectivity index (χ0) is 9.80. The van der Waals surface area contributed by atoms with Gasteiger partial charge in [-0.05, 0) is 55.6 Å². The minimum Gasteiger partial charge on any atom is -0.317 e. The molecular formula is C12H13N2. The molecule has 1 saturated heterocycles. The number of piperidine rings is 1. The van der Waals surface area contributed by atoms with Gasteiger partial charge in [0, 0.05) is 0 Å². The van der Waals surface area contributed by atoms with Gasteiger partial charge in [0.05, 0.1) is 11.6 Å². The fourth-order valence-corrected chi connectivity index (χ4v) is 1.92. The van der Waals surface area contributed by atoms with Crippen LogP contribution in [0.5, 0.6) is 0 Å². The van der Waals surface area contributed by atoms with Crippen LogP contribution in [0.4, 0.5) is 0 Å². The molecule has 1 aromatic carbocycles. The smallest absolute Gasteiger partial charge is 0.0991 e. The molecule has 0 amide bonds. The number of rotatable bonds is 1. The minimum absolute atomic E-state index is 0.588. The molecule has 1 aromatic rings. The van der Waals surface area contributed by atoms with E-state index in [1.54, 1.807) is 0 Å². The van der Waals surface area contributed by atoms with Crippen LogP contribution in [-0.4, -0.2) is 13.1 Å². The Balaban J connectivity index is 2.18. The second-order valence-electron chi connectivity index (χ2n) is 3.67. The Bertz CT molecular complexity index is 346. The molecule has 0 saturated carbocycles. The van der Waals surface area contributed by atoms with Crippen LogP contribution in [0.25, 0.3) is 0 Å². The average Bonchev–Trinajstić information content (AvgIpc) is 2.30. The Hall–Kier alpha value is -1.33. The van der Waals surface area contributed by atoms with Crippen molar-refractivity contribution < 1.29 is 0 Å². The van der Waals surface area contributed by atoms with Crippen LogP contribution >= 0.6 is 0 Å². The molecule has 0 aliphatic carbocycles. The van der Waals surface area contributed by atoms with E-state index in [0.717, 1.165) is 31.5 Å². The zero-order valence-electron chi connectivity index (χ0n) is 8.09. The second kappa shape index (κ2) is 4.26. The third-order valence-electron chi connectivity index (χ3n) is 2.73. The first-order valence-electron chi connectivity index (χ1n) is 5.02. The molecule has 2 nitrogen and oxygen atoms in total. The van der Waals surface area contributed by atoms with Gasteiger partial charge in [0.1, 0.15) is 0 Å². The molecule has 1 aliphatic heterocycles. The SMILES string of the molecule is N#Cc1cc[c]c(C2CCNCC2)c1. The van der Waals surface area contributed by atoms with Crippen LogP contribution in [0.2, 0.25) is 0 Å². The molecule has 1 aliphatic rings. The third-order valence-corrected chi connectivity index (χ3v) is 2.73. The van der Waals surface area contributed by atoms with E-state index >= 15 is 0 Å². The van der Waals surface area contributed by atoms with E-state index in [4.69, 9.17) is 5.26 Å². The van der Waals surface area contributed by atoms with E-state index < -0.39 is 0 Å². The maximum atomic E-state index is 8.78.